The molecule has 4 rings (SSSR count). The molecule has 5 nitrogen and oxygen atoms in total. The van der Waals surface area contributed by atoms with Crippen molar-refractivity contribution in [1.29, 1.82) is 0 Å². The number of aryl methyl sites for hydroxylation is 1. The van der Waals surface area contributed by atoms with Crippen molar-refractivity contribution in [3.63, 3.8) is 0 Å². The molecule has 0 radical (unpaired) electrons. The second-order valence-corrected chi connectivity index (χ2v) is 5.90. The molecule has 2 aliphatic carbocycles. The SMILES string of the molecule is Cc1nc(-n2ccc(C3CC3)n2)ncc1CNC1CC1. The van der Waals surface area contributed by atoms with E-state index in [1.54, 1.807) is 4.68 Å². The van der Waals surface area contributed by atoms with Gasteiger partial charge in [0, 0.05) is 42.2 Å². The monoisotopic (exact) mass is 269 g/mol. The molecule has 2 fully saturated rings. The van der Waals surface area contributed by atoms with Gasteiger partial charge in [-0.05, 0) is 38.7 Å². The first-order valence-electron chi connectivity index (χ1n) is 7.41. The molecule has 2 aromatic heterocycles. The smallest absolute Gasteiger partial charge is 0.250 e. The predicted molar refractivity (Wildman–Crippen MR) is 75.7 cm³/mol. The lowest BCUT2D eigenvalue weighted by atomic mass is 10.2. The van der Waals surface area contributed by atoms with E-state index in [4.69, 9.17) is 0 Å². The average Bonchev–Trinajstić information content (AvgIpc) is 3.37. The van der Waals surface area contributed by atoms with Gasteiger partial charge in [-0.25, -0.2) is 14.6 Å². The summed E-state index contributed by atoms with van der Waals surface area (Å²) in [7, 11) is 0. The standard InChI is InChI=1S/C15H19N5/c1-10-12(8-16-13-4-5-13)9-17-15(18-10)20-7-6-14(19-20)11-2-3-11/h6-7,9,11,13,16H,2-5,8H2,1H3. The molecule has 0 aromatic carbocycles. The maximum atomic E-state index is 4.58. The largest absolute Gasteiger partial charge is 0.310 e. The minimum absolute atomic E-state index is 0.666. The molecule has 0 saturated heterocycles. The maximum absolute atomic E-state index is 4.58. The molecule has 5 heteroatoms. The number of nitrogens with one attached hydrogen (secondary N) is 1. The lowest BCUT2D eigenvalue weighted by Crippen LogP contribution is -2.17. The van der Waals surface area contributed by atoms with Crippen molar-refractivity contribution >= 4 is 0 Å². The highest BCUT2D eigenvalue weighted by Gasteiger charge is 2.26. The van der Waals surface area contributed by atoms with Gasteiger partial charge in [-0.3, -0.25) is 0 Å². The van der Waals surface area contributed by atoms with Crippen molar-refractivity contribution in [2.75, 3.05) is 0 Å². The number of hydrogen-bond acceptors (Lipinski definition) is 4. The number of rotatable bonds is 5. The summed E-state index contributed by atoms with van der Waals surface area (Å²) in [6, 6.07) is 2.79. The third-order valence-corrected chi connectivity index (χ3v) is 4.04. The Labute approximate surface area is 118 Å². The summed E-state index contributed by atoms with van der Waals surface area (Å²) in [6.07, 6.45) is 9.02. The van der Waals surface area contributed by atoms with Crippen molar-refractivity contribution in [3.05, 3.63) is 35.4 Å². The third-order valence-electron chi connectivity index (χ3n) is 4.04. The van der Waals surface area contributed by atoms with Crippen LogP contribution >= 0.6 is 0 Å². The van der Waals surface area contributed by atoms with Crippen LogP contribution in [0.3, 0.4) is 0 Å². The van der Waals surface area contributed by atoms with Crippen LogP contribution in [0.5, 0.6) is 0 Å². The van der Waals surface area contributed by atoms with Crippen LogP contribution in [0.1, 0.15) is 48.6 Å². The van der Waals surface area contributed by atoms with Crippen LogP contribution in [0.15, 0.2) is 18.5 Å². The lowest BCUT2D eigenvalue weighted by molar-refractivity contribution is 0.675. The van der Waals surface area contributed by atoms with Crippen LogP contribution < -0.4 is 5.32 Å². The summed E-state index contributed by atoms with van der Waals surface area (Å²) in [5.41, 5.74) is 3.38. The third kappa shape index (κ3) is 2.45. The maximum Gasteiger partial charge on any atom is 0.250 e. The molecular weight excluding hydrogens is 250 g/mol. The first kappa shape index (κ1) is 12.0. The second-order valence-electron chi connectivity index (χ2n) is 5.90. The van der Waals surface area contributed by atoms with E-state index in [1.807, 2.05) is 19.3 Å². The van der Waals surface area contributed by atoms with Gasteiger partial charge in [0.2, 0.25) is 0 Å². The molecule has 0 amide bonds. The van der Waals surface area contributed by atoms with Crippen molar-refractivity contribution in [1.82, 2.24) is 25.1 Å². The Morgan fingerprint density at radius 3 is 2.85 bits per heavy atom. The van der Waals surface area contributed by atoms with Gasteiger partial charge in [0.25, 0.3) is 5.95 Å². The van der Waals surface area contributed by atoms with Crippen LogP contribution in [0, 0.1) is 6.92 Å². The average molecular weight is 269 g/mol. The molecule has 0 atom stereocenters. The second kappa shape index (κ2) is 4.66. The summed E-state index contributed by atoms with van der Waals surface area (Å²) < 4.78 is 1.79. The Morgan fingerprint density at radius 2 is 2.15 bits per heavy atom. The summed E-state index contributed by atoms with van der Waals surface area (Å²) >= 11 is 0. The van der Waals surface area contributed by atoms with Crippen molar-refractivity contribution < 1.29 is 0 Å². The van der Waals surface area contributed by atoms with Crippen LogP contribution in [0.4, 0.5) is 0 Å². The molecule has 1 N–H and O–H groups in total. The number of hydrogen-bond donors (Lipinski definition) is 1. The van der Waals surface area contributed by atoms with Crippen molar-refractivity contribution in [3.8, 4) is 5.95 Å². The van der Waals surface area contributed by atoms with Gasteiger partial charge in [-0.15, -0.1) is 0 Å². The minimum Gasteiger partial charge on any atom is -0.310 e. The zero-order valence-corrected chi connectivity index (χ0v) is 11.7. The van der Waals surface area contributed by atoms with Crippen LogP contribution in [-0.2, 0) is 6.54 Å². The van der Waals surface area contributed by atoms with Gasteiger partial charge in [0.1, 0.15) is 0 Å². The van der Waals surface area contributed by atoms with E-state index in [9.17, 15) is 0 Å². The van der Waals surface area contributed by atoms with Crippen LogP contribution in [-0.4, -0.2) is 25.8 Å². The fraction of sp³-hybridized carbons (Fsp3) is 0.533. The van der Waals surface area contributed by atoms with E-state index in [0.29, 0.717) is 17.9 Å². The Kier molecular flexibility index (Phi) is 2.80. The molecule has 2 saturated carbocycles. The fourth-order valence-corrected chi connectivity index (χ4v) is 2.35. The summed E-state index contributed by atoms with van der Waals surface area (Å²) in [5, 5.41) is 8.07. The highest BCUT2D eigenvalue weighted by molar-refractivity contribution is 5.23. The van der Waals surface area contributed by atoms with Gasteiger partial charge in [0.15, 0.2) is 0 Å². The Morgan fingerprint density at radius 1 is 1.30 bits per heavy atom. The molecule has 0 bridgehead atoms. The van der Waals surface area contributed by atoms with Crippen molar-refractivity contribution in [2.24, 2.45) is 0 Å². The molecule has 104 valence electrons. The Hall–Kier alpha value is -1.75. The minimum atomic E-state index is 0.666. The van der Waals surface area contributed by atoms with E-state index in [1.165, 1.54) is 36.9 Å². The molecule has 2 aliphatic rings. The number of aromatic nitrogens is 4. The summed E-state index contributed by atoms with van der Waals surface area (Å²) in [4.78, 5) is 9.03. The van der Waals surface area contributed by atoms with Crippen molar-refractivity contribution in [2.45, 2.75) is 51.1 Å². The van der Waals surface area contributed by atoms with Crippen LogP contribution in [0.25, 0.3) is 5.95 Å². The first-order valence-corrected chi connectivity index (χ1v) is 7.41. The molecule has 2 heterocycles. The predicted octanol–water partition coefficient (Wildman–Crippen LogP) is 2.10. The lowest BCUT2D eigenvalue weighted by Gasteiger charge is -2.07. The molecule has 0 unspecified atom stereocenters. The number of nitrogens with zero attached hydrogens (tertiary/aromatic N) is 4. The van der Waals surface area contributed by atoms with E-state index in [0.717, 1.165) is 12.2 Å². The van der Waals surface area contributed by atoms with Gasteiger partial charge < -0.3 is 5.32 Å². The normalized spacial score (nSPS) is 18.4. The molecule has 20 heavy (non-hydrogen) atoms. The fourth-order valence-electron chi connectivity index (χ4n) is 2.35. The highest BCUT2D eigenvalue weighted by Crippen LogP contribution is 2.38. The molecule has 0 spiro atoms. The van der Waals surface area contributed by atoms with Gasteiger partial charge >= 0.3 is 0 Å². The summed E-state index contributed by atoms with van der Waals surface area (Å²) in [5.74, 6) is 1.34. The van der Waals surface area contributed by atoms with E-state index in [-0.39, 0.29) is 0 Å². The quantitative estimate of drug-likeness (QED) is 0.903. The van der Waals surface area contributed by atoms with E-state index >= 15 is 0 Å². The zero-order chi connectivity index (χ0) is 13.5. The summed E-state index contributed by atoms with van der Waals surface area (Å²) in [6.45, 7) is 2.91. The zero-order valence-electron chi connectivity index (χ0n) is 11.7. The van der Waals surface area contributed by atoms with Crippen LogP contribution in [0.2, 0.25) is 0 Å². The van der Waals surface area contributed by atoms with Gasteiger partial charge in [-0.1, -0.05) is 0 Å². The molecular formula is C15H19N5. The van der Waals surface area contributed by atoms with Gasteiger partial charge in [0.05, 0.1) is 5.69 Å². The van der Waals surface area contributed by atoms with E-state index in [2.05, 4.69) is 26.4 Å². The molecule has 2 aromatic rings. The Balaban J connectivity index is 1.53. The van der Waals surface area contributed by atoms with E-state index < -0.39 is 0 Å². The highest BCUT2D eigenvalue weighted by atomic mass is 15.3. The Bertz CT molecular complexity index is 625. The topological polar surface area (TPSA) is 55.6 Å². The first-order chi connectivity index (χ1) is 9.79. The molecule has 0 aliphatic heterocycles. The van der Waals surface area contributed by atoms with Gasteiger partial charge in [-0.2, -0.15) is 5.10 Å².